The lowest BCUT2D eigenvalue weighted by Crippen LogP contribution is -2.08. The first kappa shape index (κ1) is 27.5. The van der Waals surface area contributed by atoms with Crippen molar-refractivity contribution in [2.45, 2.75) is 44.9 Å². The van der Waals surface area contributed by atoms with Gasteiger partial charge in [-0.2, -0.15) is 0 Å². The number of phenols is 2. The number of carbonyl (C=O) groups is 2. The number of benzene rings is 4. The zero-order chi connectivity index (χ0) is 27.5. The van der Waals surface area contributed by atoms with E-state index in [2.05, 4.69) is 0 Å². The highest BCUT2D eigenvalue weighted by Gasteiger charge is 2.08. The van der Waals surface area contributed by atoms with Gasteiger partial charge in [0, 0.05) is 12.8 Å². The van der Waals surface area contributed by atoms with Crippen LogP contribution < -0.4 is 9.47 Å². The highest BCUT2D eigenvalue weighted by atomic mass is 16.5. The second-order valence-corrected chi connectivity index (χ2v) is 9.36. The molecule has 0 aromatic heterocycles. The molecule has 4 aromatic rings. The number of aromatic hydroxyl groups is 2. The summed E-state index contributed by atoms with van der Waals surface area (Å²) in [5, 5.41) is 18.8. The van der Waals surface area contributed by atoms with E-state index in [0.29, 0.717) is 24.3 Å². The standard InChI is InChI=1S/C33H32O6/c34-28-16-8-24(9-17-28)26-12-20-30(21-13-26)38-32(36)6-4-2-1-3-5-7-33(37)39-31-22-14-27(15-23-31)25-10-18-29(35)19-11-25/h8-23,34-35H,1-7H2. The SMILES string of the molecule is O=C(CCCCCCCC(=O)Oc1ccc(-c2ccc(O)cc2)cc1)Oc1ccc(-c2ccc(O)cc2)cc1. The van der Waals surface area contributed by atoms with Crippen molar-refractivity contribution in [1.82, 2.24) is 0 Å². The molecule has 0 fully saturated rings. The molecule has 0 unspecified atom stereocenters. The molecule has 0 bridgehead atoms. The fourth-order valence-corrected chi connectivity index (χ4v) is 4.17. The Balaban J connectivity index is 1.06. The van der Waals surface area contributed by atoms with Gasteiger partial charge in [-0.1, -0.05) is 67.8 Å². The molecule has 0 aliphatic carbocycles. The average molecular weight is 525 g/mol. The molecule has 200 valence electrons. The number of rotatable bonds is 12. The lowest BCUT2D eigenvalue weighted by Gasteiger charge is -2.07. The monoisotopic (exact) mass is 524 g/mol. The van der Waals surface area contributed by atoms with Gasteiger partial charge in [0.15, 0.2) is 0 Å². The molecule has 0 amide bonds. The molecule has 0 aliphatic heterocycles. The maximum Gasteiger partial charge on any atom is 0.311 e. The van der Waals surface area contributed by atoms with Gasteiger partial charge < -0.3 is 19.7 Å². The molecular formula is C33H32O6. The van der Waals surface area contributed by atoms with Gasteiger partial charge in [0.25, 0.3) is 0 Å². The Labute approximate surface area is 228 Å². The summed E-state index contributed by atoms with van der Waals surface area (Å²) in [4.78, 5) is 24.3. The van der Waals surface area contributed by atoms with Crippen LogP contribution in [0.2, 0.25) is 0 Å². The minimum Gasteiger partial charge on any atom is -0.508 e. The van der Waals surface area contributed by atoms with E-state index in [9.17, 15) is 19.8 Å². The van der Waals surface area contributed by atoms with Crippen molar-refractivity contribution in [2.75, 3.05) is 0 Å². The van der Waals surface area contributed by atoms with E-state index in [0.717, 1.165) is 54.4 Å². The summed E-state index contributed by atoms with van der Waals surface area (Å²) in [7, 11) is 0. The Morgan fingerprint density at radius 2 is 0.718 bits per heavy atom. The summed E-state index contributed by atoms with van der Waals surface area (Å²) in [5.41, 5.74) is 3.89. The molecule has 6 heteroatoms. The Bertz CT molecular complexity index is 1230. The van der Waals surface area contributed by atoms with Crippen LogP contribution in [0.3, 0.4) is 0 Å². The molecule has 0 saturated heterocycles. The zero-order valence-electron chi connectivity index (χ0n) is 21.7. The number of hydrogen-bond donors (Lipinski definition) is 2. The van der Waals surface area contributed by atoms with E-state index in [1.54, 1.807) is 48.5 Å². The van der Waals surface area contributed by atoms with Crippen molar-refractivity contribution < 1.29 is 29.3 Å². The molecule has 0 saturated carbocycles. The third kappa shape index (κ3) is 8.75. The minimum atomic E-state index is -0.257. The normalized spacial score (nSPS) is 10.7. The van der Waals surface area contributed by atoms with Gasteiger partial charge in [-0.25, -0.2) is 0 Å². The third-order valence-electron chi connectivity index (χ3n) is 6.34. The van der Waals surface area contributed by atoms with Crippen LogP contribution in [0.1, 0.15) is 44.9 Å². The number of carbonyl (C=O) groups excluding carboxylic acids is 2. The summed E-state index contributed by atoms with van der Waals surface area (Å²) >= 11 is 0. The number of esters is 2. The van der Waals surface area contributed by atoms with E-state index in [-0.39, 0.29) is 23.4 Å². The van der Waals surface area contributed by atoms with Crippen LogP contribution >= 0.6 is 0 Å². The van der Waals surface area contributed by atoms with Crippen molar-refractivity contribution in [3.8, 4) is 45.3 Å². The van der Waals surface area contributed by atoms with Crippen LogP contribution in [0.25, 0.3) is 22.3 Å². The Morgan fingerprint density at radius 3 is 1.05 bits per heavy atom. The largest absolute Gasteiger partial charge is 0.508 e. The van der Waals surface area contributed by atoms with Crippen LogP contribution in [0, 0.1) is 0 Å². The van der Waals surface area contributed by atoms with Gasteiger partial charge in [0.2, 0.25) is 0 Å². The van der Waals surface area contributed by atoms with Crippen LogP contribution in [-0.2, 0) is 9.59 Å². The van der Waals surface area contributed by atoms with Crippen molar-refractivity contribution in [3.05, 3.63) is 97.1 Å². The van der Waals surface area contributed by atoms with E-state index in [1.165, 1.54) is 0 Å². The number of phenolic OH excluding ortho intramolecular Hbond substituents is 2. The van der Waals surface area contributed by atoms with Crippen molar-refractivity contribution >= 4 is 11.9 Å². The minimum absolute atomic E-state index is 0.220. The van der Waals surface area contributed by atoms with E-state index in [1.807, 2.05) is 48.5 Å². The zero-order valence-corrected chi connectivity index (χ0v) is 21.7. The summed E-state index contributed by atoms with van der Waals surface area (Å²) in [6.45, 7) is 0. The summed E-state index contributed by atoms with van der Waals surface area (Å²) in [5.74, 6) is 0.946. The van der Waals surface area contributed by atoms with Crippen LogP contribution in [0.15, 0.2) is 97.1 Å². The first-order chi connectivity index (χ1) is 19.0. The molecule has 39 heavy (non-hydrogen) atoms. The molecular weight excluding hydrogens is 492 g/mol. The molecule has 0 radical (unpaired) electrons. The third-order valence-corrected chi connectivity index (χ3v) is 6.34. The Kier molecular flexibility index (Phi) is 9.73. The predicted molar refractivity (Wildman–Crippen MR) is 151 cm³/mol. The van der Waals surface area contributed by atoms with Gasteiger partial charge in [-0.3, -0.25) is 9.59 Å². The highest BCUT2D eigenvalue weighted by Crippen LogP contribution is 2.26. The maximum atomic E-state index is 12.2. The van der Waals surface area contributed by atoms with Gasteiger partial charge in [0.05, 0.1) is 0 Å². The van der Waals surface area contributed by atoms with Crippen molar-refractivity contribution in [3.63, 3.8) is 0 Å². The van der Waals surface area contributed by atoms with Crippen molar-refractivity contribution in [1.29, 1.82) is 0 Å². The van der Waals surface area contributed by atoms with E-state index in [4.69, 9.17) is 9.47 Å². The van der Waals surface area contributed by atoms with Crippen LogP contribution in [0.5, 0.6) is 23.0 Å². The summed E-state index contributed by atoms with van der Waals surface area (Å²) < 4.78 is 10.9. The quantitative estimate of drug-likeness (QED) is 0.112. The molecule has 6 nitrogen and oxygen atoms in total. The average Bonchev–Trinajstić information content (AvgIpc) is 2.94. The summed E-state index contributed by atoms with van der Waals surface area (Å²) in [6, 6.07) is 28.5. The molecule has 2 N–H and O–H groups in total. The Hall–Kier alpha value is -4.58. The Morgan fingerprint density at radius 1 is 0.436 bits per heavy atom. The topological polar surface area (TPSA) is 93.1 Å². The molecule has 0 aliphatic rings. The van der Waals surface area contributed by atoms with E-state index >= 15 is 0 Å². The molecule has 4 rings (SSSR count). The fourth-order valence-electron chi connectivity index (χ4n) is 4.17. The first-order valence-corrected chi connectivity index (χ1v) is 13.2. The number of unbranched alkanes of at least 4 members (excludes halogenated alkanes) is 4. The maximum absolute atomic E-state index is 12.2. The van der Waals surface area contributed by atoms with Gasteiger partial charge in [-0.05, 0) is 83.6 Å². The lowest BCUT2D eigenvalue weighted by atomic mass is 10.1. The lowest BCUT2D eigenvalue weighted by molar-refractivity contribution is -0.135. The first-order valence-electron chi connectivity index (χ1n) is 13.2. The number of hydrogen-bond acceptors (Lipinski definition) is 6. The van der Waals surface area contributed by atoms with Crippen LogP contribution in [-0.4, -0.2) is 22.2 Å². The second kappa shape index (κ2) is 13.8. The van der Waals surface area contributed by atoms with Gasteiger partial charge in [-0.15, -0.1) is 0 Å². The highest BCUT2D eigenvalue weighted by molar-refractivity contribution is 5.74. The predicted octanol–water partition coefficient (Wildman–Crippen LogP) is 7.67. The summed E-state index contributed by atoms with van der Waals surface area (Å²) in [6.07, 6.45) is 4.89. The number of ether oxygens (including phenoxy) is 2. The molecule has 0 atom stereocenters. The van der Waals surface area contributed by atoms with Gasteiger partial charge in [0.1, 0.15) is 23.0 Å². The fraction of sp³-hybridized carbons (Fsp3) is 0.212. The smallest absolute Gasteiger partial charge is 0.311 e. The van der Waals surface area contributed by atoms with Crippen molar-refractivity contribution in [2.24, 2.45) is 0 Å². The van der Waals surface area contributed by atoms with Gasteiger partial charge >= 0.3 is 11.9 Å². The second-order valence-electron chi connectivity index (χ2n) is 9.36. The molecule has 4 aromatic carbocycles. The molecule has 0 heterocycles. The van der Waals surface area contributed by atoms with Crippen LogP contribution in [0.4, 0.5) is 0 Å². The van der Waals surface area contributed by atoms with E-state index < -0.39 is 0 Å². The molecule has 0 spiro atoms.